The van der Waals surface area contributed by atoms with E-state index in [-0.39, 0.29) is 6.04 Å². The Bertz CT molecular complexity index is 358. The molecule has 0 amide bonds. The third-order valence-corrected chi connectivity index (χ3v) is 4.96. The molecule has 3 nitrogen and oxygen atoms in total. The summed E-state index contributed by atoms with van der Waals surface area (Å²) in [6, 6.07) is -0.0827. The predicted molar refractivity (Wildman–Crippen MR) is 56.1 cm³/mol. The number of hydrogen-bond donors (Lipinski definition) is 1. The number of rotatable bonds is 2. The standard InChI is InChI=1S/C12H16F3NO2/c13-12(14,15)11(17)18-16-10-5-6-4-9(10)8-3-1-2-7(6)8/h6-10,16H,1-5H2. The molecule has 3 rings (SSSR count). The molecule has 0 aromatic carbocycles. The zero-order chi connectivity index (χ0) is 12.9. The number of alkyl halides is 3. The van der Waals surface area contributed by atoms with Crippen molar-refractivity contribution in [1.82, 2.24) is 5.48 Å². The maximum Gasteiger partial charge on any atom is 0.492 e. The third-order valence-electron chi connectivity index (χ3n) is 4.96. The predicted octanol–water partition coefficient (Wildman–Crippen LogP) is 2.42. The minimum Gasteiger partial charge on any atom is -0.363 e. The van der Waals surface area contributed by atoms with Gasteiger partial charge < -0.3 is 4.84 Å². The van der Waals surface area contributed by atoms with Gasteiger partial charge in [0.15, 0.2) is 0 Å². The molecule has 3 aliphatic carbocycles. The summed E-state index contributed by atoms with van der Waals surface area (Å²) >= 11 is 0. The molecule has 0 spiro atoms. The van der Waals surface area contributed by atoms with Crippen LogP contribution in [0.5, 0.6) is 0 Å². The normalized spacial score (nSPS) is 42.1. The summed E-state index contributed by atoms with van der Waals surface area (Å²) in [4.78, 5) is 14.8. The Morgan fingerprint density at radius 2 is 1.83 bits per heavy atom. The molecule has 2 bridgehead atoms. The van der Waals surface area contributed by atoms with E-state index in [0.717, 1.165) is 18.8 Å². The lowest BCUT2D eigenvalue weighted by Crippen LogP contribution is -2.42. The summed E-state index contributed by atoms with van der Waals surface area (Å²) in [7, 11) is 0. The number of halogens is 3. The van der Waals surface area contributed by atoms with Gasteiger partial charge in [0.05, 0.1) is 0 Å². The van der Waals surface area contributed by atoms with E-state index in [4.69, 9.17) is 0 Å². The van der Waals surface area contributed by atoms with Crippen molar-refractivity contribution in [3.05, 3.63) is 0 Å². The van der Waals surface area contributed by atoms with Gasteiger partial charge in [-0.3, -0.25) is 0 Å². The molecule has 0 heterocycles. The van der Waals surface area contributed by atoms with Gasteiger partial charge in [-0.1, -0.05) is 6.42 Å². The van der Waals surface area contributed by atoms with Crippen molar-refractivity contribution < 1.29 is 22.8 Å². The summed E-state index contributed by atoms with van der Waals surface area (Å²) in [5, 5.41) is 0. The zero-order valence-corrected chi connectivity index (χ0v) is 9.87. The molecular weight excluding hydrogens is 247 g/mol. The van der Waals surface area contributed by atoms with Crippen molar-refractivity contribution in [1.29, 1.82) is 0 Å². The van der Waals surface area contributed by atoms with Gasteiger partial charge in [-0.05, 0) is 49.4 Å². The second kappa shape index (κ2) is 4.11. The van der Waals surface area contributed by atoms with Crippen LogP contribution in [0.3, 0.4) is 0 Å². The van der Waals surface area contributed by atoms with Crippen molar-refractivity contribution in [2.75, 3.05) is 0 Å². The molecule has 102 valence electrons. The summed E-state index contributed by atoms with van der Waals surface area (Å²) in [5.41, 5.74) is 2.36. The molecule has 0 aliphatic heterocycles. The lowest BCUT2D eigenvalue weighted by atomic mass is 9.79. The first-order valence-corrected chi connectivity index (χ1v) is 6.50. The highest BCUT2D eigenvalue weighted by atomic mass is 19.4. The fraction of sp³-hybridized carbons (Fsp3) is 0.917. The van der Waals surface area contributed by atoms with E-state index in [9.17, 15) is 18.0 Å². The van der Waals surface area contributed by atoms with Gasteiger partial charge in [0, 0.05) is 6.04 Å². The molecule has 3 aliphatic rings. The molecule has 5 unspecified atom stereocenters. The molecule has 5 atom stereocenters. The lowest BCUT2D eigenvalue weighted by Gasteiger charge is -2.31. The summed E-state index contributed by atoms with van der Waals surface area (Å²) < 4.78 is 36.0. The fourth-order valence-corrected chi connectivity index (χ4v) is 4.39. The second-order valence-electron chi connectivity index (χ2n) is 5.77. The van der Waals surface area contributed by atoms with Crippen molar-refractivity contribution in [2.24, 2.45) is 23.7 Å². The molecule has 3 fully saturated rings. The van der Waals surface area contributed by atoms with Crippen LogP contribution in [-0.2, 0) is 9.63 Å². The van der Waals surface area contributed by atoms with Crippen molar-refractivity contribution in [2.45, 2.75) is 44.3 Å². The van der Waals surface area contributed by atoms with Crippen molar-refractivity contribution >= 4 is 5.97 Å². The molecule has 0 aromatic heterocycles. The summed E-state index contributed by atoms with van der Waals surface area (Å²) in [5.74, 6) is 0.263. The Morgan fingerprint density at radius 1 is 1.11 bits per heavy atom. The largest absolute Gasteiger partial charge is 0.492 e. The first kappa shape index (κ1) is 12.3. The maximum atomic E-state index is 12.0. The van der Waals surface area contributed by atoms with Crippen LogP contribution in [0.4, 0.5) is 13.2 Å². The van der Waals surface area contributed by atoms with Gasteiger partial charge >= 0.3 is 12.1 Å². The van der Waals surface area contributed by atoms with E-state index < -0.39 is 12.1 Å². The number of carbonyl (C=O) groups is 1. The highest BCUT2D eigenvalue weighted by Crippen LogP contribution is 2.58. The molecule has 0 aromatic rings. The summed E-state index contributed by atoms with van der Waals surface area (Å²) in [6.07, 6.45) is 0.684. The molecule has 18 heavy (non-hydrogen) atoms. The minimum absolute atomic E-state index is 0.0827. The van der Waals surface area contributed by atoms with Gasteiger partial charge in [0.2, 0.25) is 0 Å². The Kier molecular flexibility index (Phi) is 2.80. The topological polar surface area (TPSA) is 38.3 Å². The van der Waals surface area contributed by atoms with Crippen LogP contribution in [0.1, 0.15) is 32.1 Å². The number of nitrogens with one attached hydrogen (secondary N) is 1. The number of hydroxylamine groups is 1. The SMILES string of the molecule is O=C(ONC1CC2CC1C1CCCC21)C(F)(F)F. The lowest BCUT2D eigenvalue weighted by molar-refractivity contribution is -0.209. The van der Waals surface area contributed by atoms with Gasteiger partial charge in [0.1, 0.15) is 0 Å². The molecule has 1 N–H and O–H groups in total. The van der Waals surface area contributed by atoms with E-state index in [0.29, 0.717) is 17.8 Å². The van der Waals surface area contributed by atoms with Crippen LogP contribution < -0.4 is 5.48 Å². The van der Waals surface area contributed by atoms with Crippen LogP contribution in [0.2, 0.25) is 0 Å². The number of hydrogen-bond acceptors (Lipinski definition) is 3. The Hall–Kier alpha value is -0.780. The highest BCUT2D eigenvalue weighted by molar-refractivity contribution is 5.75. The molecular formula is C12H16F3NO2. The van der Waals surface area contributed by atoms with Crippen LogP contribution in [0.15, 0.2) is 0 Å². The first-order chi connectivity index (χ1) is 8.47. The molecule has 0 saturated heterocycles. The Labute approximate surface area is 103 Å². The summed E-state index contributed by atoms with van der Waals surface area (Å²) in [6.45, 7) is 0. The fourth-order valence-electron chi connectivity index (χ4n) is 4.39. The molecule has 0 radical (unpaired) electrons. The van der Waals surface area contributed by atoms with Crippen LogP contribution >= 0.6 is 0 Å². The second-order valence-corrected chi connectivity index (χ2v) is 5.77. The van der Waals surface area contributed by atoms with Gasteiger partial charge in [-0.15, -0.1) is 5.48 Å². The average molecular weight is 263 g/mol. The van der Waals surface area contributed by atoms with E-state index in [1.54, 1.807) is 0 Å². The van der Waals surface area contributed by atoms with E-state index >= 15 is 0 Å². The monoisotopic (exact) mass is 263 g/mol. The van der Waals surface area contributed by atoms with Crippen LogP contribution in [0, 0.1) is 23.7 Å². The average Bonchev–Trinajstić information content (AvgIpc) is 2.95. The number of carbonyl (C=O) groups excluding carboxylic acids is 1. The minimum atomic E-state index is -4.92. The third kappa shape index (κ3) is 1.90. The van der Waals surface area contributed by atoms with Gasteiger partial charge in [-0.2, -0.15) is 13.2 Å². The maximum absolute atomic E-state index is 12.0. The Balaban J connectivity index is 1.55. The van der Waals surface area contributed by atoms with E-state index in [1.807, 2.05) is 0 Å². The zero-order valence-electron chi connectivity index (χ0n) is 9.87. The Morgan fingerprint density at radius 3 is 2.56 bits per heavy atom. The van der Waals surface area contributed by atoms with Crippen molar-refractivity contribution in [3.63, 3.8) is 0 Å². The van der Waals surface area contributed by atoms with E-state index in [1.165, 1.54) is 19.3 Å². The number of fused-ring (bicyclic) bond motifs is 5. The highest BCUT2D eigenvalue weighted by Gasteiger charge is 2.54. The van der Waals surface area contributed by atoms with Gasteiger partial charge in [0.25, 0.3) is 0 Å². The molecule has 3 saturated carbocycles. The smallest absolute Gasteiger partial charge is 0.363 e. The first-order valence-electron chi connectivity index (χ1n) is 6.50. The van der Waals surface area contributed by atoms with Gasteiger partial charge in [-0.25, -0.2) is 4.79 Å². The van der Waals surface area contributed by atoms with Crippen LogP contribution in [-0.4, -0.2) is 18.2 Å². The molecule has 6 heteroatoms. The van der Waals surface area contributed by atoms with Crippen LogP contribution in [0.25, 0.3) is 0 Å². The van der Waals surface area contributed by atoms with Crippen molar-refractivity contribution in [3.8, 4) is 0 Å². The quantitative estimate of drug-likeness (QED) is 0.778. The van der Waals surface area contributed by atoms with E-state index in [2.05, 4.69) is 10.3 Å².